The van der Waals surface area contributed by atoms with Gasteiger partial charge in [-0.15, -0.1) is 0 Å². The van der Waals surface area contributed by atoms with Crippen molar-refractivity contribution in [3.63, 3.8) is 0 Å². The lowest BCUT2D eigenvalue weighted by atomic mass is 10.1. The van der Waals surface area contributed by atoms with Crippen LogP contribution in [0.4, 0.5) is 16.2 Å². The van der Waals surface area contributed by atoms with Crippen LogP contribution >= 0.6 is 0 Å². The molecule has 2 aromatic carbocycles. The number of anilines is 2. The van der Waals surface area contributed by atoms with Gasteiger partial charge in [-0.25, -0.2) is 9.36 Å². The summed E-state index contributed by atoms with van der Waals surface area (Å²) in [5, 5.41) is 7.84. The third-order valence-electron chi connectivity index (χ3n) is 3.24. The third-order valence-corrected chi connectivity index (χ3v) is 3.24. The fourth-order valence-corrected chi connectivity index (χ4v) is 2.28. The van der Waals surface area contributed by atoms with Gasteiger partial charge in [-0.2, -0.15) is 0 Å². The second kappa shape index (κ2) is 7.22. The molecule has 0 spiro atoms. The Balaban J connectivity index is 0.00000176. The quantitative estimate of drug-likeness (QED) is 0.468. The maximum atomic E-state index is 12.1. The van der Waals surface area contributed by atoms with Gasteiger partial charge in [0.15, 0.2) is 12.4 Å². The molecule has 2 amide bonds. The van der Waals surface area contributed by atoms with Gasteiger partial charge in [0, 0.05) is 11.5 Å². The molecule has 2 N–H and O–H groups in total. The number of carbonyl (C=O) groups excluding carboxylic acids is 1. The van der Waals surface area contributed by atoms with Gasteiger partial charge >= 0.3 is 6.03 Å². The van der Waals surface area contributed by atoms with E-state index in [0.717, 1.165) is 22.1 Å². The fourth-order valence-electron chi connectivity index (χ4n) is 2.28. The highest BCUT2D eigenvalue weighted by molar-refractivity contribution is 6.06. The third kappa shape index (κ3) is 3.73. The molecule has 0 saturated carbocycles. The average Bonchev–Trinajstić information content (AvgIpc) is 2.47. The van der Waals surface area contributed by atoms with E-state index >= 15 is 0 Å². The first-order valence-corrected chi connectivity index (χ1v) is 6.73. The maximum Gasteiger partial charge on any atom is 0.323 e. The minimum Gasteiger partial charge on any atom is -1.00 e. The lowest BCUT2D eigenvalue weighted by Crippen LogP contribution is -3.00. The van der Waals surface area contributed by atoms with E-state index in [1.807, 2.05) is 78.6 Å². The Morgan fingerprint density at radius 3 is 2.55 bits per heavy atom. The van der Waals surface area contributed by atoms with Gasteiger partial charge in [0.2, 0.25) is 0 Å². The van der Waals surface area contributed by atoms with Gasteiger partial charge in [-0.3, -0.25) is 0 Å². The molecule has 0 bridgehead atoms. The molecule has 4 nitrogen and oxygen atoms in total. The van der Waals surface area contributed by atoms with Crippen LogP contribution in [0.25, 0.3) is 10.8 Å². The van der Waals surface area contributed by atoms with Crippen molar-refractivity contribution in [3.05, 3.63) is 67.0 Å². The summed E-state index contributed by atoms with van der Waals surface area (Å²) in [4.78, 5) is 12.1. The first-order valence-electron chi connectivity index (χ1n) is 6.73. The molecule has 3 aromatic rings. The number of aryl methyl sites for hydroxylation is 1. The zero-order valence-corrected chi connectivity index (χ0v) is 14.2. The Morgan fingerprint density at radius 2 is 1.73 bits per heavy atom. The second-order valence-electron chi connectivity index (χ2n) is 4.86. The average molecular weight is 405 g/mol. The van der Waals surface area contributed by atoms with E-state index in [9.17, 15) is 4.79 Å². The summed E-state index contributed by atoms with van der Waals surface area (Å²) in [5.74, 6) is 0. The molecule has 22 heavy (non-hydrogen) atoms. The minimum atomic E-state index is -0.252. The zero-order chi connectivity index (χ0) is 14.7. The topological polar surface area (TPSA) is 45.0 Å². The smallest absolute Gasteiger partial charge is 0.323 e. The molecule has 0 saturated heterocycles. The first-order chi connectivity index (χ1) is 10.2. The number of hydrogen-bond acceptors (Lipinski definition) is 1. The summed E-state index contributed by atoms with van der Waals surface area (Å²) in [6.45, 7) is 0. The number of fused-ring (bicyclic) bond motifs is 1. The summed E-state index contributed by atoms with van der Waals surface area (Å²) in [6.07, 6.45) is 3.76. The van der Waals surface area contributed by atoms with E-state index in [-0.39, 0.29) is 30.0 Å². The molecule has 0 atom stereocenters. The van der Waals surface area contributed by atoms with Gasteiger partial charge in [-0.1, -0.05) is 36.4 Å². The van der Waals surface area contributed by atoms with Crippen molar-refractivity contribution in [2.45, 2.75) is 0 Å². The second-order valence-corrected chi connectivity index (χ2v) is 4.86. The zero-order valence-electron chi connectivity index (χ0n) is 12.1. The van der Waals surface area contributed by atoms with Crippen LogP contribution in [-0.2, 0) is 7.05 Å². The molecule has 112 valence electrons. The van der Waals surface area contributed by atoms with E-state index in [4.69, 9.17) is 0 Å². The molecule has 0 aliphatic carbocycles. The maximum absolute atomic E-state index is 12.1. The molecular weight excluding hydrogens is 389 g/mol. The van der Waals surface area contributed by atoms with E-state index in [1.165, 1.54) is 0 Å². The normalized spacial score (nSPS) is 9.86. The van der Waals surface area contributed by atoms with Crippen molar-refractivity contribution in [3.8, 4) is 0 Å². The fraction of sp³-hybridized carbons (Fsp3) is 0.0588. The van der Waals surface area contributed by atoms with Gasteiger partial charge in [0.25, 0.3) is 0 Å². The Hall–Kier alpha value is -2.15. The lowest BCUT2D eigenvalue weighted by Gasteiger charge is -2.09. The van der Waals surface area contributed by atoms with Crippen LogP contribution in [0, 0.1) is 0 Å². The number of carbonyl (C=O) groups is 1. The van der Waals surface area contributed by atoms with Crippen LogP contribution in [0.2, 0.25) is 0 Å². The van der Waals surface area contributed by atoms with Crippen molar-refractivity contribution in [1.29, 1.82) is 0 Å². The number of nitrogens with one attached hydrogen (secondary N) is 2. The van der Waals surface area contributed by atoms with Gasteiger partial charge in [0.05, 0.1) is 5.69 Å². The molecular formula is C17H16IN3O. The van der Waals surface area contributed by atoms with Crippen molar-refractivity contribution >= 4 is 28.2 Å². The predicted molar refractivity (Wildman–Crippen MR) is 84.2 cm³/mol. The van der Waals surface area contributed by atoms with Crippen LogP contribution < -0.4 is 39.2 Å². The van der Waals surface area contributed by atoms with Crippen LogP contribution in [-0.4, -0.2) is 6.03 Å². The van der Waals surface area contributed by atoms with Gasteiger partial charge < -0.3 is 34.6 Å². The Kier molecular flexibility index (Phi) is 5.32. The minimum absolute atomic E-state index is 0. The summed E-state index contributed by atoms with van der Waals surface area (Å²) in [5.41, 5.74) is 1.55. The molecule has 1 aromatic heterocycles. The summed E-state index contributed by atoms with van der Waals surface area (Å²) >= 11 is 0. The van der Waals surface area contributed by atoms with Gasteiger partial charge in [0.1, 0.15) is 12.7 Å². The molecule has 0 aliphatic rings. The highest BCUT2D eigenvalue weighted by atomic mass is 127. The molecule has 0 unspecified atom stereocenters. The van der Waals surface area contributed by atoms with Crippen LogP contribution in [0.5, 0.6) is 0 Å². The number of halogens is 1. The standard InChI is InChI=1S/C17H15N3O.HI/c1-20-11-5-8-14(12-20)18-17(21)19-16-10-4-7-13-6-2-3-9-15(13)16;/h2-12H,1H3,(H-,18,19,21);1H. The largest absolute Gasteiger partial charge is 1.00 e. The van der Waals surface area contributed by atoms with Crippen LogP contribution in [0.1, 0.15) is 0 Å². The monoisotopic (exact) mass is 405 g/mol. The Labute approximate surface area is 146 Å². The Morgan fingerprint density at radius 1 is 0.955 bits per heavy atom. The number of pyridine rings is 1. The summed E-state index contributed by atoms with van der Waals surface area (Å²) in [7, 11) is 1.91. The molecule has 0 aliphatic heterocycles. The molecule has 1 heterocycles. The molecule has 5 heteroatoms. The van der Waals surface area contributed by atoms with E-state index in [2.05, 4.69) is 10.6 Å². The summed E-state index contributed by atoms with van der Waals surface area (Å²) < 4.78 is 1.88. The van der Waals surface area contributed by atoms with Crippen molar-refractivity contribution in [2.24, 2.45) is 7.05 Å². The highest BCUT2D eigenvalue weighted by Crippen LogP contribution is 2.23. The van der Waals surface area contributed by atoms with Crippen molar-refractivity contribution in [1.82, 2.24) is 0 Å². The lowest BCUT2D eigenvalue weighted by molar-refractivity contribution is -0.670. The number of aromatic nitrogens is 1. The van der Waals surface area contributed by atoms with Gasteiger partial charge in [-0.05, 0) is 17.5 Å². The van der Waals surface area contributed by atoms with E-state index in [0.29, 0.717) is 0 Å². The first kappa shape index (κ1) is 16.2. The number of amides is 2. The number of benzene rings is 2. The number of hydrogen-bond donors (Lipinski definition) is 2. The number of rotatable bonds is 2. The Bertz CT molecular complexity index is 799. The molecule has 0 radical (unpaired) electrons. The number of urea groups is 1. The molecule has 3 rings (SSSR count). The van der Waals surface area contributed by atoms with E-state index in [1.54, 1.807) is 0 Å². The molecule has 0 fully saturated rings. The summed E-state index contributed by atoms with van der Waals surface area (Å²) in [6, 6.07) is 17.3. The highest BCUT2D eigenvalue weighted by Gasteiger charge is 2.07. The van der Waals surface area contributed by atoms with Crippen molar-refractivity contribution < 1.29 is 33.3 Å². The number of nitrogens with zero attached hydrogens (tertiary/aromatic N) is 1. The van der Waals surface area contributed by atoms with Crippen molar-refractivity contribution in [2.75, 3.05) is 10.6 Å². The van der Waals surface area contributed by atoms with Crippen LogP contribution in [0.3, 0.4) is 0 Å². The predicted octanol–water partition coefficient (Wildman–Crippen LogP) is 0.312. The van der Waals surface area contributed by atoms with E-state index < -0.39 is 0 Å². The van der Waals surface area contributed by atoms with Crippen LogP contribution in [0.15, 0.2) is 67.0 Å². The SMILES string of the molecule is C[n+]1cccc(NC(=O)Nc2cccc3ccccc23)c1.[I-].